The number of hydrogen-bond donors (Lipinski definition) is 1. The molecule has 1 aromatic carbocycles. The molecule has 2 rings (SSSR count). The lowest BCUT2D eigenvalue weighted by molar-refractivity contribution is 0.372. The fraction of sp³-hybridized carbons (Fsp3) is 0.538. The summed E-state index contributed by atoms with van der Waals surface area (Å²) in [6.45, 7) is 2.29. The average molecular weight is 240 g/mol. The van der Waals surface area contributed by atoms with Crippen LogP contribution < -0.4 is 10.1 Å². The molecule has 1 aliphatic rings. The average Bonchev–Trinajstić information content (AvgIpc) is 2.31. The summed E-state index contributed by atoms with van der Waals surface area (Å²) >= 11 is 6.11. The summed E-state index contributed by atoms with van der Waals surface area (Å²) in [5, 5.41) is 4.10. The third kappa shape index (κ3) is 2.89. The van der Waals surface area contributed by atoms with Crippen LogP contribution in [0, 0.1) is 5.92 Å². The van der Waals surface area contributed by atoms with Gasteiger partial charge in [-0.15, -0.1) is 0 Å². The third-order valence-electron chi connectivity index (χ3n) is 3.20. The van der Waals surface area contributed by atoms with E-state index in [0.717, 1.165) is 31.2 Å². The van der Waals surface area contributed by atoms with Gasteiger partial charge < -0.3 is 10.1 Å². The van der Waals surface area contributed by atoms with Crippen molar-refractivity contribution in [3.63, 3.8) is 0 Å². The number of benzene rings is 1. The number of halogens is 1. The number of methoxy groups -OCH3 is 1. The summed E-state index contributed by atoms with van der Waals surface area (Å²) in [6.07, 6.45) is 3.67. The van der Waals surface area contributed by atoms with Gasteiger partial charge >= 0.3 is 0 Å². The van der Waals surface area contributed by atoms with Crippen molar-refractivity contribution < 1.29 is 4.74 Å². The molecule has 0 atom stereocenters. The van der Waals surface area contributed by atoms with Gasteiger partial charge in [0.1, 0.15) is 5.75 Å². The second-order valence-electron chi connectivity index (χ2n) is 4.37. The first-order valence-corrected chi connectivity index (χ1v) is 6.20. The molecule has 0 bridgehead atoms. The van der Waals surface area contributed by atoms with E-state index in [2.05, 4.69) is 11.4 Å². The fourth-order valence-corrected chi connectivity index (χ4v) is 2.54. The second-order valence-corrected chi connectivity index (χ2v) is 4.77. The van der Waals surface area contributed by atoms with Crippen molar-refractivity contribution in [2.75, 3.05) is 20.2 Å². The smallest absolute Gasteiger partial charge is 0.137 e. The highest BCUT2D eigenvalue weighted by Gasteiger charge is 2.14. The Hall–Kier alpha value is -0.730. The Labute approximate surface area is 102 Å². The van der Waals surface area contributed by atoms with Crippen LogP contribution in [-0.4, -0.2) is 20.2 Å². The SMILES string of the molecule is COc1ccc(CC2CCNCC2)cc1Cl. The molecule has 0 amide bonds. The highest BCUT2D eigenvalue weighted by molar-refractivity contribution is 6.32. The third-order valence-corrected chi connectivity index (χ3v) is 3.49. The summed E-state index contributed by atoms with van der Waals surface area (Å²) in [6, 6.07) is 6.11. The van der Waals surface area contributed by atoms with Crippen molar-refractivity contribution in [1.82, 2.24) is 5.32 Å². The molecule has 1 fully saturated rings. The zero-order chi connectivity index (χ0) is 11.4. The number of piperidine rings is 1. The number of hydrogen-bond acceptors (Lipinski definition) is 2. The van der Waals surface area contributed by atoms with Gasteiger partial charge in [0.25, 0.3) is 0 Å². The van der Waals surface area contributed by atoms with Gasteiger partial charge in [0.2, 0.25) is 0 Å². The van der Waals surface area contributed by atoms with E-state index in [-0.39, 0.29) is 0 Å². The van der Waals surface area contributed by atoms with Crippen molar-refractivity contribution in [3.05, 3.63) is 28.8 Å². The Morgan fingerprint density at radius 3 is 2.75 bits per heavy atom. The van der Waals surface area contributed by atoms with E-state index in [0.29, 0.717) is 5.02 Å². The minimum Gasteiger partial charge on any atom is -0.495 e. The molecular weight excluding hydrogens is 222 g/mol. The van der Waals surface area contributed by atoms with Crippen molar-refractivity contribution >= 4 is 11.6 Å². The summed E-state index contributed by atoms with van der Waals surface area (Å²) < 4.78 is 5.15. The zero-order valence-corrected chi connectivity index (χ0v) is 10.4. The lowest BCUT2D eigenvalue weighted by Crippen LogP contribution is -2.28. The molecule has 16 heavy (non-hydrogen) atoms. The number of nitrogens with one attached hydrogen (secondary N) is 1. The molecule has 0 radical (unpaired) electrons. The number of rotatable bonds is 3. The second kappa shape index (κ2) is 5.55. The molecule has 2 nitrogen and oxygen atoms in total. The van der Waals surface area contributed by atoms with E-state index < -0.39 is 0 Å². The van der Waals surface area contributed by atoms with Gasteiger partial charge in [-0.05, 0) is 56.0 Å². The van der Waals surface area contributed by atoms with Crippen molar-refractivity contribution in [2.45, 2.75) is 19.3 Å². The Morgan fingerprint density at radius 1 is 1.38 bits per heavy atom. The fourth-order valence-electron chi connectivity index (χ4n) is 2.26. The lowest BCUT2D eigenvalue weighted by Gasteiger charge is -2.22. The Morgan fingerprint density at radius 2 is 2.12 bits per heavy atom. The maximum atomic E-state index is 6.11. The maximum absolute atomic E-state index is 6.11. The van der Waals surface area contributed by atoms with E-state index in [1.54, 1.807) is 7.11 Å². The molecule has 1 saturated heterocycles. The molecule has 1 aliphatic heterocycles. The first kappa shape index (κ1) is 11.7. The topological polar surface area (TPSA) is 21.3 Å². The van der Waals surface area contributed by atoms with Gasteiger partial charge in [0.15, 0.2) is 0 Å². The minimum atomic E-state index is 0.717. The van der Waals surface area contributed by atoms with Crippen LogP contribution in [0.15, 0.2) is 18.2 Å². The molecule has 3 heteroatoms. The molecule has 0 saturated carbocycles. The lowest BCUT2D eigenvalue weighted by atomic mass is 9.91. The first-order valence-electron chi connectivity index (χ1n) is 5.82. The summed E-state index contributed by atoms with van der Waals surface area (Å²) in [5.41, 5.74) is 1.32. The van der Waals surface area contributed by atoms with Crippen LogP contribution in [0.3, 0.4) is 0 Å². The first-order chi connectivity index (χ1) is 7.79. The van der Waals surface area contributed by atoms with Crippen LogP contribution in [0.25, 0.3) is 0 Å². The Bertz CT molecular complexity index is 348. The highest BCUT2D eigenvalue weighted by Crippen LogP contribution is 2.27. The summed E-state index contributed by atoms with van der Waals surface area (Å²) in [5.74, 6) is 1.56. The van der Waals surface area contributed by atoms with E-state index in [1.165, 1.54) is 18.4 Å². The molecular formula is C13H18ClNO. The summed E-state index contributed by atoms with van der Waals surface area (Å²) in [7, 11) is 1.65. The van der Waals surface area contributed by atoms with Gasteiger partial charge in [0.05, 0.1) is 12.1 Å². The Kier molecular flexibility index (Phi) is 4.08. The van der Waals surface area contributed by atoms with Crippen molar-refractivity contribution in [3.8, 4) is 5.75 Å². The van der Waals surface area contributed by atoms with Gasteiger partial charge in [-0.1, -0.05) is 17.7 Å². The van der Waals surface area contributed by atoms with Gasteiger partial charge in [0, 0.05) is 0 Å². The standard InChI is InChI=1S/C13H18ClNO/c1-16-13-3-2-11(9-12(13)14)8-10-4-6-15-7-5-10/h2-3,9-10,15H,4-8H2,1H3. The van der Waals surface area contributed by atoms with Gasteiger partial charge in [-0.2, -0.15) is 0 Å². The minimum absolute atomic E-state index is 0.717. The predicted octanol–water partition coefficient (Wildman–Crippen LogP) is 2.89. The molecule has 0 aliphatic carbocycles. The highest BCUT2D eigenvalue weighted by atomic mass is 35.5. The monoisotopic (exact) mass is 239 g/mol. The van der Waals surface area contributed by atoms with Crippen molar-refractivity contribution in [2.24, 2.45) is 5.92 Å². The predicted molar refractivity (Wildman–Crippen MR) is 67.3 cm³/mol. The van der Waals surface area contributed by atoms with Crippen LogP contribution in [0.5, 0.6) is 5.75 Å². The van der Waals surface area contributed by atoms with E-state index in [4.69, 9.17) is 16.3 Å². The zero-order valence-electron chi connectivity index (χ0n) is 9.63. The molecule has 1 N–H and O–H groups in total. The van der Waals surface area contributed by atoms with Crippen LogP contribution in [0.2, 0.25) is 5.02 Å². The van der Waals surface area contributed by atoms with Crippen LogP contribution in [0.1, 0.15) is 18.4 Å². The van der Waals surface area contributed by atoms with E-state index in [1.807, 2.05) is 12.1 Å². The van der Waals surface area contributed by atoms with E-state index in [9.17, 15) is 0 Å². The van der Waals surface area contributed by atoms with Crippen molar-refractivity contribution in [1.29, 1.82) is 0 Å². The van der Waals surface area contributed by atoms with E-state index >= 15 is 0 Å². The normalized spacial score (nSPS) is 17.4. The molecule has 1 aromatic rings. The van der Waals surface area contributed by atoms with Crippen LogP contribution in [-0.2, 0) is 6.42 Å². The maximum Gasteiger partial charge on any atom is 0.137 e. The molecule has 88 valence electrons. The number of ether oxygens (including phenoxy) is 1. The van der Waals surface area contributed by atoms with Crippen LogP contribution >= 0.6 is 11.6 Å². The molecule has 0 unspecified atom stereocenters. The van der Waals surface area contributed by atoms with Gasteiger partial charge in [-0.3, -0.25) is 0 Å². The van der Waals surface area contributed by atoms with Gasteiger partial charge in [-0.25, -0.2) is 0 Å². The quantitative estimate of drug-likeness (QED) is 0.876. The van der Waals surface area contributed by atoms with Crippen LogP contribution in [0.4, 0.5) is 0 Å². The Balaban J connectivity index is 2.01. The molecule has 1 heterocycles. The summed E-state index contributed by atoms with van der Waals surface area (Å²) in [4.78, 5) is 0. The molecule has 0 spiro atoms. The molecule has 0 aromatic heterocycles. The largest absolute Gasteiger partial charge is 0.495 e.